The van der Waals surface area contributed by atoms with Gasteiger partial charge in [0.05, 0.1) is 13.2 Å². The van der Waals surface area contributed by atoms with Gasteiger partial charge < -0.3 is 84.9 Å². The number of para-hydroxylation sites is 1. The Balaban J connectivity index is 1.46. The molecule has 1 aromatic carbocycles. The largest absolute Gasteiger partial charge is 0.491 e. The third kappa shape index (κ3) is 8.88. The van der Waals surface area contributed by atoms with Crippen molar-refractivity contribution >= 4 is 0 Å². The van der Waals surface area contributed by atoms with Crippen LogP contribution in [-0.4, -0.2) is 171 Å². The van der Waals surface area contributed by atoms with Crippen LogP contribution in [-0.2, 0) is 28.4 Å². The molecule has 11 N–H and O–H groups in total. The molecule has 1 aromatic rings. The summed E-state index contributed by atoms with van der Waals surface area (Å²) in [6, 6.07) is 8.69. The maximum atomic E-state index is 11.1. The van der Waals surface area contributed by atoms with Gasteiger partial charge in [-0.15, -0.1) is 0 Å². The molecule has 0 spiro atoms. The molecule has 3 aliphatic heterocycles. The lowest BCUT2D eigenvalue weighted by molar-refractivity contribution is -0.379. The lowest BCUT2D eigenvalue weighted by Crippen LogP contribution is -2.66. The lowest BCUT2D eigenvalue weighted by Gasteiger charge is -2.48. The summed E-state index contributed by atoms with van der Waals surface area (Å²) in [6.45, 7) is -0.969. The van der Waals surface area contributed by atoms with E-state index in [1.165, 1.54) is 0 Å². The van der Waals surface area contributed by atoms with Crippen molar-refractivity contribution in [3.63, 3.8) is 0 Å². The molecule has 3 aliphatic rings. The van der Waals surface area contributed by atoms with Crippen LogP contribution < -0.4 is 10.5 Å². The first-order chi connectivity index (χ1) is 22.1. The second kappa shape index (κ2) is 17.7. The van der Waals surface area contributed by atoms with Crippen molar-refractivity contribution in [2.24, 2.45) is 5.73 Å². The van der Waals surface area contributed by atoms with E-state index >= 15 is 0 Å². The molecule has 0 amide bonds. The highest BCUT2D eigenvalue weighted by Gasteiger charge is 2.53. The number of hydrogen-bond acceptors (Lipinski definition) is 17. The van der Waals surface area contributed by atoms with E-state index in [1.807, 2.05) is 0 Å². The van der Waals surface area contributed by atoms with Gasteiger partial charge in [-0.2, -0.15) is 0 Å². The first-order valence-corrected chi connectivity index (χ1v) is 15.4. The molecular weight excluding hydrogens is 618 g/mol. The van der Waals surface area contributed by atoms with Crippen molar-refractivity contribution in [2.45, 2.75) is 111 Å². The first-order valence-electron chi connectivity index (χ1n) is 15.4. The summed E-state index contributed by atoms with van der Waals surface area (Å²) >= 11 is 0. The minimum atomic E-state index is -1.88. The van der Waals surface area contributed by atoms with Gasteiger partial charge in [-0.1, -0.05) is 18.2 Å². The molecule has 3 fully saturated rings. The minimum absolute atomic E-state index is 0.191. The maximum absolute atomic E-state index is 11.1. The average Bonchev–Trinajstić information content (AvgIpc) is 3.06. The lowest BCUT2D eigenvalue weighted by atomic mass is 9.96. The Morgan fingerprint density at radius 3 is 1.74 bits per heavy atom. The zero-order valence-corrected chi connectivity index (χ0v) is 25.2. The van der Waals surface area contributed by atoms with Crippen molar-refractivity contribution in [3.05, 3.63) is 30.3 Å². The quantitative estimate of drug-likeness (QED) is 0.0793. The highest BCUT2D eigenvalue weighted by molar-refractivity contribution is 5.21. The molecule has 0 aliphatic carbocycles. The monoisotopic (exact) mass is 665 g/mol. The highest BCUT2D eigenvalue weighted by Crippen LogP contribution is 2.33. The van der Waals surface area contributed by atoms with E-state index in [2.05, 4.69) is 0 Å². The molecule has 3 heterocycles. The third-order valence-corrected chi connectivity index (χ3v) is 8.18. The van der Waals surface area contributed by atoms with Gasteiger partial charge in [-0.05, 0) is 37.9 Å². The molecule has 3 saturated heterocycles. The van der Waals surface area contributed by atoms with Crippen LogP contribution in [0.25, 0.3) is 0 Å². The molecule has 0 aromatic heterocycles. The van der Waals surface area contributed by atoms with Crippen molar-refractivity contribution < 1.29 is 79.1 Å². The minimum Gasteiger partial charge on any atom is -0.491 e. The summed E-state index contributed by atoms with van der Waals surface area (Å²) in [5.74, 6) is 0.475. The van der Waals surface area contributed by atoms with Crippen LogP contribution in [0.3, 0.4) is 0 Å². The average molecular weight is 666 g/mol. The number of aliphatic hydroxyl groups is 9. The molecular formula is C29H47NO16. The van der Waals surface area contributed by atoms with Crippen LogP contribution in [0.1, 0.15) is 19.3 Å². The van der Waals surface area contributed by atoms with Gasteiger partial charge in [-0.25, -0.2) is 0 Å². The van der Waals surface area contributed by atoms with E-state index in [4.69, 9.17) is 38.9 Å². The van der Waals surface area contributed by atoms with Gasteiger partial charge in [0.2, 0.25) is 0 Å². The first kappa shape index (κ1) is 37.2. The number of nitrogens with two attached hydrogens (primary N) is 1. The molecule has 0 radical (unpaired) electrons. The Hall–Kier alpha value is -1.62. The SMILES string of the molecule is NCCCCCO[C@@H]1O[C@H](COc2ccccc2)[C@@H](O[C@@H]2O[C@H](CO)[C@H](O[C@H]3O[C@H](CO)[C@H](O)[C@H](O)[C@H]3O)[C@H](O)[C@H]2O)[C@H](O)[C@H]1O. The number of unbranched alkanes of at least 4 members (excludes halogenated alkanes) is 2. The van der Waals surface area contributed by atoms with Gasteiger partial charge in [0, 0.05) is 6.61 Å². The zero-order valence-electron chi connectivity index (χ0n) is 25.2. The summed E-state index contributed by atoms with van der Waals surface area (Å²) in [5.41, 5.74) is 5.52. The van der Waals surface area contributed by atoms with Crippen LogP contribution in [0.5, 0.6) is 5.75 Å². The Morgan fingerprint density at radius 2 is 1.13 bits per heavy atom. The van der Waals surface area contributed by atoms with Crippen molar-refractivity contribution in [2.75, 3.05) is 33.0 Å². The Kier molecular flexibility index (Phi) is 14.3. The molecule has 15 atom stereocenters. The maximum Gasteiger partial charge on any atom is 0.187 e. The Morgan fingerprint density at radius 1 is 0.587 bits per heavy atom. The summed E-state index contributed by atoms with van der Waals surface area (Å²) in [5, 5.41) is 93.9. The molecule has 46 heavy (non-hydrogen) atoms. The number of rotatable bonds is 15. The third-order valence-electron chi connectivity index (χ3n) is 8.18. The second-order valence-electron chi connectivity index (χ2n) is 11.5. The van der Waals surface area contributed by atoms with Gasteiger partial charge in [0.1, 0.15) is 85.6 Å². The predicted octanol–water partition coefficient (Wildman–Crippen LogP) is -4.33. The molecule has 0 bridgehead atoms. The van der Waals surface area contributed by atoms with Crippen molar-refractivity contribution in [3.8, 4) is 5.75 Å². The van der Waals surface area contributed by atoms with E-state index < -0.39 is 105 Å². The summed E-state index contributed by atoms with van der Waals surface area (Å²) in [7, 11) is 0. The summed E-state index contributed by atoms with van der Waals surface area (Å²) < 4.78 is 39.9. The topological polar surface area (TPSA) is 273 Å². The highest BCUT2D eigenvalue weighted by atomic mass is 16.8. The summed E-state index contributed by atoms with van der Waals surface area (Å²) in [6.07, 6.45) is -21.4. The van der Waals surface area contributed by atoms with Crippen molar-refractivity contribution in [1.29, 1.82) is 0 Å². The number of benzene rings is 1. The fraction of sp³-hybridized carbons (Fsp3) is 0.793. The van der Waals surface area contributed by atoms with E-state index in [9.17, 15) is 46.0 Å². The van der Waals surface area contributed by atoms with Gasteiger partial charge in [-0.3, -0.25) is 0 Å². The fourth-order valence-electron chi connectivity index (χ4n) is 5.49. The second-order valence-corrected chi connectivity index (χ2v) is 11.5. The number of ether oxygens (including phenoxy) is 7. The number of aliphatic hydroxyl groups excluding tert-OH is 9. The molecule has 17 heteroatoms. The fourth-order valence-corrected chi connectivity index (χ4v) is 5.49. The molecule has 0 saturated carbocycles. The smallest absolute Gasteiger partial charge is 0.187 e. The molecule has 4 rings (SSSR count). The zero-order chi connectivity index (χ0) is 33.4. The Labute approximate surface area is 265 Å². The Bertz CT molecular complexity index is 1010. The van der Waals surface area contributed by atoms with Crippen LogP contribution in [0, 0.1) is 0 Å². The van der Waals surface area contributed by atoms with Crippen LogP contribution in [0.15, 0.2) is 30.3 Å². The molecule has 0 unspecified atom stereocenters. The predicted molar refractivity (Wildman–Crippen MR) is 153 cm³/mol. The van der Waals surface area contributed by atoms with Crippen molar-refractivity contribution in [1.82, 2.24) is 0 Å². The van der Waals surface area contributed by atoms with Crippen LogP contribution >= 0.6 is 0 Å². The normalized spacial score (nSPS) is 41.7. The van der Waals surface area contributed by atoms with Gasteiger partial charge in [0.25, 0.3) is 0 Å². The van der Waals surface area contributed by atoms with Crippen LogP contribution in [0.2, 0.25) is 0 Å². The standard InChI is InChI=1S/C29H47NO16/c30-9-5-2-6-10-40-27-23(38)20(35)26(17(44-27)13-41-14-7-3-1-4-8-14)46-29-24(39)21(36)25(16(12-32)43-29)45-28-22(37)19(34)18(33)15(11-31)42-28/h1,3-4,7-8,15-29,31-39H,2,5-6,9-13,30H2/t15-,16-,17-,18+,19+,20-,21-,22-,23-,24-,25+,26-,27-,28-,29+/m1/s1. The van der Waals surface area contributed by atoms with E-state index in [0.29, 0.717) is 18.7 Å². The van der Waals surface area contributed by atoms with Crippen LogP contribution in [0.4, 0.5) is 0 Å². The van der Waals surface area contributed by atoms with E-state index in [-0.39, 0.29) is 13.2 Å². The summed E-state index contributed by atoms with van der Waals surface area (Å²) in [4.78, 5) is 0. The number of hydrogen-bond donors (Lipinski definition) is 10. The van der Waals surface area contributed by atoms with Gasteiger partial charge in [0.15, 0.2) is 18.9 Å². The van der Waals surface area contributed by atoms with Gasteiger partial charge >= 0.3 is 0 Å². The van der Waals surface area contributed by atoms with E-state index in [1.54, 1.807) is 30.3 Å². The van der Waals surface area contributed by atoms with E-state index in [0.717, 1.165) is 12.8 Å². The molecule has 264 valence electrons. The molecule has 17 nitrogen and oxygen atoms in total.